The molecule has 1 amide bonds. The fourth-order valence-corrected chi connectivity index (χ4v) is 4.87. The molecule has 6 rings (SSSR count). The van der Waals surface area contributed by atoms with Crippen LogP contribution in [0.25, 0.3) is 33.6 Å². The number of hydrogen-bond acceptors (Lipinski definition) is 7. The summed E-state index contributed by atoms with van der Waals surface area (Å²) in [5.41, 5.74) is 8.36. The normalized spacial score (nSPS) is 12.2. The average molecular weight is 523 g/mol. The molecule has 11 nitrogen and oxygen atoms in total. The molecule has 4 aromatic heterocycles. The Balaban J connectivity index is 1.31. The first-order chi connectivity index (χ1) is 18.9. The third kappa shape index (κ3) is 4.67. The number of fused-ring (bicyclic) bond motifs is 3. The average Bonchev–Trinajstić information content (AvgIpc) is 3.67. The highest BCUT2D eigenvalue weighted by atomic mass is 16.2. The van der Waals surface area contributed by atoms with Gasteiger partial charge in [0.25, 0.3) is 0 Å². The summed E-state index contributed by atoms with van der Waals surface area (Å²) in [6.07, 6.45) is 9.27. The molecule has 1 aliphatic carbocycles. The van der Waals surface area contributed by atoms with Crippen LogP contribution in [0.2, 0.25) is 0 Å². The molecule has 0 bridgehead atoms. The Hall–Kier alpha value is -4.80. The maximum atomic E-state index is 12.0. The summed E-state index contributed by atoms with van der Waals surface area (Å²) < 4.78 is 5.47. The summed E-state index contributed by atoms with van der Waals surface area (Å²) >= 11 is 0. The van der Waals surface area contributed by atoms with Gasteiger partial charge in [-0.05, 0) is 30.9 Å². The molecule has 39 heavy (non-hydrogen) atoms. The van der Waals surface area contributed by atoms with Crippen LogP contribution in [0.4, 0.5) is 11.8 Å². The van der Waals surface area contributed by atoms with Crippen molar-refractivity contribution in [3.8, 4) is 33.6 Å². The number of carbonyl (C=O) groups excluding carboxylic acids is 1. The lowest BCUT2D eigenvalue weighted by molar-refractivity contribution is -0.129. The molecular formula is C28H30N10O. The van der Waals surface area contributed by atoms with Crippen LogP contribution in [-0.4, -0.2) is 64.2 Å². The van der Waals surface area contributed by atoms with Crippen molar-refractivity contribution in [3.05, 3.63) is 66.4 Å². The van der Waals surface area contributed by atoms with Gasteiger partial charge in [0.15, 0.2) is 5.82 Å². The predicted molar refractivity (Wildman–Crippen MR) is 148 cm³/mol. The second-order valence-electron chi connectivity index (χ2n) is 9.84. The first-order valence-electron chi connectivity index (χ1n) is 13.0. The lowest BCUT2D eigenvalue weighted by Crippen LogP contribution is -2.26. The SMILES string of the molecule is CCn1cc(-c2ccc(-c3c4c(nn3C)CCc3cnc(Nc5ccn(CC(=O)N(C)C)n5)nc3-4)cc2)cn1. The second-order valence-corrected chi connectivity index (χ2v) is 9.84. The van der Waals surface area contributed by atoms with Gasteiger partial charge in [0.05, 0.1) is 23.3 Å². The number of nitrogens with zero attached hydrogens (tertiary/aromatic N) is 9. The highest BCUT2D eigenvalue weighted by molar-refractivity contribution is 5.85. The van der Waals surface area contributed by atoms with E-state index in [4.69, 9.17) is 10.1 Å². The van der Waals surface area contributed by atoms with E-state index in [2.05, 4.69) is 57.9 Å². The lowest BCUT2D eigenvalue weighted by atomic mass is 9.91. The van der Waals surface area contributed by atoms with Crippen molar-refractivity contribution in [2.45, 2.75) is 32.9 Å². The molecule has 1 aromatic carbocycles. The minimum absolute atomic E-state index is 0.0321. The van der Waals surface area contributed by atoms with Gasteiger partial charge in [-0.25, -0.2) is 9.97 Å². The summed E-state index contributed by atoms with van der Waals surface area (Å²) in [4.78, 5) is 23.0. The zero-order chi connectivity index (χ0) is 27.1. The van der Waals surface area contributed by atoms with Crippen LogP contribution in [0.1, 0.15) is 18.2 Å². The van der Waals surface area contributed by atoms with Gasteiger partial charge in [0, 0.05) is 69.0 Å². The van der Waals surface area contributed by atoms with Crippen molar-refractivity contribution in [3.63, 3.8) is 0 Å². The van der Waals surface area contributed by atoms with Gasteiger partial charge in [0.2, 0.25) is 11.9 Å². The number of likely N-dealkylation sites (N-methyl/N-ethyl adjacent to an activating group) is 1. The number of anilines is 2. The van der Waals surface area contributed by atoms with Crippen molar-refractivity contribution in [1.29, 1.82) is 0 Å². The minimum Gasteiger partial charge on any atom is -0.347 e. The molecule has 5 aromatic rings. The van der Waals surface area contributed by atoms with Crippen molar-refractivity contribution in [2.24, 2.45) is 7.05 Å². The summed E-state index contributed by atoms with van der Waals surface area (Å²) in [6, 6.07) is 10.3. The van der Waals surface area contributed by atoms with Crippen LogP contribution < -0.4 is 5.32 Å². The number of benzene rings is 1. The molecule has 0 unspecified atom stereocenters. The molecule has 1 aliphatic rings. The van der Waals surface area contributed by atoms with E-state index < -0.39 is 0 Å². The van der Waals surface area contributed by atoms with E-state index in [9.17, 15) is 4.79 Å². The van der Waals surface area contributed by atoms with Crippen LogP contribution in [0.3, 0.4) is 0 Å². The largest absolute Gasteiger partial charge is 0.347 e. The Bertz CT molecular complexity index is 1660. The van der Waals surface area contributed by atoms with E-state index in [0.29, 0.717) is 11.8 Å². The van der Waals surface area contributed by atoms with E-state index in [0.717, 1.165) is 64.3 Å². The van der Waals surface area contributed by atoms with Gasteiger partial charge in [-0.2, -0.15) is 15.3 Å². The molecule has 0 fully saturated rings. The molecule has 0 aliphatic heterocycles. The number of nitrogens with one attached hydrogen (secondary N) is 1. The van der Waals surface area contributed by atoms with E-state index in [1.807, 2.05) is 28.8 Å². The minimum atomic E-state index is -0.0321. The van der Waals surface area contributed by atoms with Gasteiger partial charge >= 0.3 is 0 Å². The molecule has 198 valence electrons. The zero-order valence-corrected chi connectivity index (χ0v) is 22.5. The van der Waals surface area contributed by atoms with E-state index in [1.165, 1.54) is 4.90 Å². The fraction of sp³-hybridized carbons (Fsp3) is 0.286. The molecule has 0 radical (unpaired) electrons. The molecule has 1 N–H and O–H groups in total. The van der Waals surface area contributed by atoms with E-state index in [1.54, 1.807) is 31.0 Å². The van der Waals surface area contributed by atoms with Crippen LogP contribution in [0.15, 0.2) is 55.1 Å². The Kier molecular flexibility index (Phi) is 6.18. The van der Waals surface area contributed by atoms with Crippen molar-refractivity contribution in [2.75, 3.05) is 19.4 Å². The molecule has 4 heterocycles. The van der Waals surface area contributed by atoms with Crippen molar-refractivity contribution < 1.29 is 4.79 Å². The third-order valence-electron chi connectivity index (χ3n) is 6.98. The predicted octanol–water partition coefficient (Wildman–Crippen LogP) is 3.55. The number of aromatic nitrogens is 8. The maximum absolute atomic E-state index is 12.0. The highest BCUT2D eigenvalue weighted by Crippen LogP contribution is 2.40. The highest BCUT2D eigenvalue weighted by Gasteiger charge is 2.27. The molecule has 11 heteroatoms. The van der Waals surface area contributed by atoms with Crippen molar-refractivity contribution in [1.82, 2.24) is 44.2 Å². The topological polar surface area (TPSA) is 112 Å². The van der Waals surface area contributed by atoms with Crippen LogP contribution in [0.5, 0.6) is 0 Å². The van der Waals surface area contributed by atoms with Gasteiger partial charge in [-0.15, -0.1) is 0 Å². The summed E-state index contributed by atoms with van der Waals surface area (Å²) in [5, 5.41) is 16.9. The number of amides is 1. The van der Waals surface area contributed by atoms with E-state index in [-0.39, 0.29) is 12.5 Å². The zero-order valence-electron chi connectivity index (χ0n) is 22.5. The Morgan fingerprint density at radius 2 is 1.79 bits per heavy atom. The second kappa shape index (κ2) is 9.82. The van der Waals surface area contributed by atoms with E-state index >= 15 is 0 Å². The van der Waals surface area contributed by atoms with Gasteiger partial charge in [-0.1, -0.05) is 24.3 Å². The fourth-order valence-electron chi connectivity index (χ4n) is 4.87. The number of aryl methyl sites for hydroxylation is 4. The molecule has 0 saturated carbocycles. The monoisotopic (exact) mass is 522 g/mol. The smallest absolute Gasteiger partial charge is 0.243 e. The van der Waals surface area contributed by atoms with Crippen molar-refractivity contribution >= 4 is 17.7 Å². The molecule has 0 spiro atoms. The summed E-state index contributed by atoms with van der Waals surface area (Å²) in [6.45, 7) is 3.09. The molecular weight excluding hydrogens is 492 g/mol. The number of hydrogen-bond donors (Lipinski definition) is 1. The molecule has 0 saturated heterocycles. The molecule has 0 atom stereocenters. The Morgan fingerprint density at radius 3 is 2.54 bits per heavy atom. The third-order valence-corrected chi connectivity index (χ3v) is 6.98. The first kappa shape index (κ1) is 24.5. The quantitative estimate of drug-likeness (QED) is 0.348. The Labute approximate surface area is 226 Å². The van der Waals surface area contributed by atoms with Gasteiger partial charge in [0.1, 0.15) is 6.54 Å². The van der Waals surface area contributed by atoms with Crippen LogP contribution in [-0.2, 0) is 37.8 Å². The first-order valence-corrected chi connectivity index (χ1v) is 13.0. The summed E-state index contributed by atoms with van der Waals surface area (Å²) in [5.74, 6) is 0.991. The van der Waals surface area contributed by atoms with Gasteiger partial charge in [-0.3, -0.25) is 18.8 Å². The van der Waals surface area contributed by atoms with Gasteiger partial charge < -0.3 is 10.2 Å². The number of carbonyl (C=O) groups is 1. The lowest BCUT2D eigenvalue weighted by Gasteiger charge is -2.17. The summed E-state index contributed by atoms with van der Waals surface area (Å²) in [7, 11) is 5.43. The Morgan fingerprint density at radius 1 is 1.00 bits per heavy atom. The number of rotatable bonds is 7. The van der Waals surface area contributed by atoms with Crippen LogP contribution in [0, 0.1) is 0 Å². The maximum Gasteiger partial charge on any atom is 0.243 e. The van der Waals surface area contributed by atoms with Crippen LogP contribution >= 0.6 is 0 Å². The standard InChI is InChI=1S/C28H30N10O/c1-5-37-16-21(15-30-37)18-6-8-19(9-7-18)27-25-22(33-36(27)4)11-10-20-14-29-28(32-26(20)25)31-23-12-13-38(34-23)17-24(39)35(2)3/h6-9,12-16H,5,10-11,17H2,1-4H3,(H,29,31,32,34).